The van der Waals surface area contributed by atoms with E-state index in [2.05, 4.69) is 5.32 Å². The van der Waals surface area contributed by atoms with Gasteiger partial charge in [-0.1, -0.05) is 0 Å². The molecule has 0 fully saturated rings. The molecule has 1 N–H and O–H groups in total. The highest BCUT2D eigenvalue weighted by Crippen LogP contribution is 2.28. The van der Waals surface area contributed by atoms with Crippen LogP contribution in [0.1, 0.15) is 30.0 Å². The number of ether oxygens (including phenoxy) is 1. The predicted molar refractivity (Wildman–Crippen MR) is 70.1 cm³/mol. The van der Waals surface area contributed by atoms with Crippen molar-refractivity contribution >= 4 is 16.9 Å². The molecule has 1 aromatic heterocycles. The van der Waals surface area contributed by atoms with Gasteiger partial charge in [0.2, 0.25) is 0 Å². The van der Waals surface area contributed by atoms with Gasteiger partial charge in [-0.15, -0.1) is 0 Å². The molecule has 0 aliphatic rings. The maximum Gasteiger partial charge on any atom is 0.255 e. The van der Waals surface area contributed by atoms with E-state index in [9.17, 15) is 4.79 Å². The van der Waals surface area contributed by atoms with Crippen LogP contribution in [0.15, 0.2) is 22.6 Å². The largest absolute Gasteiger partial charge is 0.497 e. The number of carbonyl (C=O) groups excluding carboxylic acids is 1. The third-order valence-electron chi connectivity index (χ3n) is 2.72. The highest BCUT2D eigenvalue weighted by molar-refractivity contribution is 6.07. The zero-order chi connectivity index (χ0) is 13.3. The maximum atomic E-state index is 12.1. The number of methoxy groups -OCH3 is 1. The standard InChI is InChI=1S/C14H17NO3/c1-8(2)15-14(16)13-9(3)18-12-6-5-10(17-4)7-11(12)13/h5-8H,1-4H3,(H,15,16). The monoisotopic (exact) mass is 247 g/mol. The number of benzene rings is 1. The van der Waals surface area contributed by atoms with E-state index in [1.807, 2.05) is 32.0 Å². The molecule has 2 rings (SSSR count). The molecule has 96 valence electrons. The topological polar surface area (TPSA) is 51.5 Å². The van der Waals surface area contributed by atoms with Crippen LogP contribution in [0.5, 0.6) is 5.75 Å². The van der Waals surface area contributed by atoms with Crippen LogP contribution >= 0.6 is 0 Å². The minimum absolute atomic E-state index is 0.0902. The Kier molecular flexibility index (Phi) is 3.28. The average Bonchev–Trinajstić information content (AvgIpc) is 2.62. The van der Waals surface area contributed by atoms with E-state index in [-0.39, 0.29) is 11.9 Å². The van der Waals surface area contributed by atoms with Gasteiger partial charge >= 0.3 is 0 Å². The first-order valence-corrected chi connectivity index (χ1v) is 5.91. The summed E-state index contributed by atoms with van der Waals surface area (Å²) in [5, 5.41) is 3.66. The van der Waals surface area contributed by atoms with Gasteiger partial charge in [0.25, 0.3) is 5.91 Å². The Morgan fingerprint density at radius 3 is 2.72 bits per heavy atom. The summed E-state index contributed by atoms with van der Waals surface area (Å²) >= 11 is 0. The number of hydrogen-bond acceptors (Lipinski definition) is 3. The fourth-order valence-electron chi connectivity index (χ4n) is 1.94. The molecule has 0 spiro atoms. The third kappa shape index (κ3) is 2.18. The van der Waals surface area contributed by atoms with Crippen molar-refractivity contribution < 1.29 is 13.9 Å². The molecule has 0 bridgehead atoms. The number of rotatable bonds is 3. The number of fused-ring (bicyclic) bond motifs is 1. The smallest absolute Gasteiger partial charge is 0.255 e. The molecule has 4 heteroatoms. The van der Waals surface area contributed by atoms with Crippen LogP contribution in [0.3, 0.4) is 0 Å². The molecule has 1 aromatic carbocycles. The molecule has 0 atom stereocenters. The normalized spacial score (nSPS) is 10.9. The van der Waals surface area contributed by atoms with Gasteiger partial charge in [0.15, 0.2) is 0 Å². The van der Waals surface area contributed by atoms with Crippen molar-refractivity contribution in [2.75, 3.05) is 7.11 Å². The number of aryl methyl sites for hydroxylation is 1. The summed E-state index contributed by atoms with van der Waals surface area (Å²) in [4.78, 5) is 12.1. The first-order valence-electron chi connectivity index (χ1n) is 5.91. The van der Waals surface area contributed by atoms with Crippen molar-refractivity contribution in [3.63, 3.8) is 0 Å². The van der Waals surface area contributed by atoms with Gasteiger partial charge < -0.3 is 14.5 Å². The van der Waals surface area contributed by atoms with Crippen molar-refractivity contribution in [1.82, 2.24) is 5.32 Å². The van der Waals surface area contributed by atoms with Crippen molar-refractivity contribution in [2.24, 2.45) is 0 Å². The molecule has 1 heterocycles. The first kappa shape index (κ1) is 12.5. The first-order chi connectivity index (χ1) is 8.52. The Morgan fingerprint density at radius 2 is 2.11 bits per heavy atom. The summed E-state index contributed by atoms with van der Waals surface area (Å²) < 4.78 is 10.8. The Bertz CT molecular complexity index is 584. The fourth-order valence-corrected chi connectivity index (χ4v) is 1.94. The lowest BCUT2D eigenvalue weighted by Gasteiger charge is -2.07. The van der Waals surface area contributed by atoms with Gasteiger partial charge in [-0.2, -0.15) is 0 Å². The molecule has 18 heavy (non-hydrogen) atoms. The van der Waals surface area contributed by atoms with Gasteiger partial charge in [0, 0.05) is 11.4 Å². The summed E-state index contributed by atoms with van der Waals surface area (Å²) in [7, 11) is 1.60. The minimum Gasteiger partial charge on any atom is -0.497 e. The molecule has 0 saturated heterocycles. The van der Waals surface area contributed by atoms with Crippen LogP contribution in [0.25, 0.3) is 11.0 Å². The molecule has 0 aliphatic carbocycles. The molecule has 0 saturated carbocycles. The van der Waals surface area contributed by atoms with Crippen LogP contribution in [0.4, 0.5) is 0 Å². The SMILES string of the molecule is COc1ccc2oc(C)c(C(=O)NC(C)C)c2c1. The van der Waals surface area contributed by atoms with Crippen molar-refractivity contribution in [3.8, 4) is 5.75 Å². The zero-order valence-electron chi connectivity index (χ0n) is 11.0. The van der Waals surface area contributed by atoms with Crippen LogP contribution in [0.2, 0.25) is 0 Å². The molecular formula is C14H17NO3. The molecule has 0 unspecified atom stereocenters. The highest BCUT2D eigenvalue weighted by Gasteiger charge is 2.19. The molecule has 0 radical (unpaired) electrons. The maximum absolute atomic E-state index is 12.1. The van der Waals surface area contributed by atoms with E-state index in [0.717, 1.165) is 5.39 Å². The number of nitrogens with one attached hydrogen (secondary N) is 1. The number of amides is 1. The van der Waals surface area contributed by atoms with E-state index >= 15 is 0 Å². The van der Waals surface area contributed by atoms with Gasteiger partial charge in [-0.25, -0.2) is 0 Å². The third-order valence-corrected chi connectivity index (χ3v) is 2.72. The molecular weight excluding hydrogens is 230 g/mol. The van der Waals surface area contributed by atoms with Crippen LogP contribution < -0.4 is 10.1 Å². The zero-order valence-corrected chi connectivity index (χ0v) is 11.0. The van der Waals surface area contributed by atoms with E-state index in [1.165, 1.54) is 0 Å². The highest BCUT2D eigenvalue weighted by atomic mass is 16.5. The summed E-state index contributed by atoms with van der Waals surface area (Å²) in [5.41, 5.74) is 1.28. The molecule has 4 nitrogen and oxygen atoms in total. The minimum atomic E-state index is -0.116. The van der Waals surface area contributed by atoms with E-state index in [1.54, 1.807) is 14.0 Å². The second-order valence-corrected chi connectivity index (χ2v) is 4.52. The second kappa shape index (κ2) is 4.72. The Balaban J connectivity index is 2.54. The van der Waals surface area contributed by atoms with Crippen LogP contribution in [-0.4, -0.2) is 19.1 Å². The Hall–Kier alpha value is -1.97. The quantitative estimate of drug-likeness (QED) is 0.907. The molecule has 0 aliphatic heterocycles. The summed E-state index contributed by atoms with van der Waals surface area (Å²) in [6.07, 6.45) is 0. The lowest BCUT2D eigenvalue weighted by molar-refractivity contribution is 0.0943. The van der Waals surface area contributed by atoms with E-state index in [4.69, 9.17) is 9.15 Å². The summed E-state index contributed by atoms with van der Waals surface area (Å²) in [6.45, 7) is 5.65. The average molecular weight is 247 g/mol. The predicted octanol–water partition coefficient (Wildman–Crippen LogP) is 2.89. The Labute approximate surface area is 106 Å². The van der Waals surface area contributed by atoms with Gasteiger partial charge in [0.05, 0.1) is 12.7 Å². The lowest BCUT2D eigenvalue weighted by Crippen LogP contribution is -2.30. The van der Waals surface area contributed by atoms with Gasteiger partial charge in [0.1, 0.15) is 17.1 Å². The van der Waals surface area contributed by atoms with E-state index in [0.29, 0.717) is 22.7 Å². The van der Waals surface area contributed by atoms with Gasteiger partial charge in [-0.3, -0.25) is 4.79 Å². The fraction of sp³-hybridized carbons (Fsp3) is 0.357. The number of hydrogen-bond donors (Lipinski definition) is 1. The summed E-state index contributed by atoms with van der Waals surface area (Å²) in [6, 6.07) is 5.54. The van der Waals surface area contributed by atoms with Gasteiger partial charge in [-0.05, 0) is 39.0 Å². The Morgan fingerprint density at radius 1 is 1.39 bits per heavy atom. The lowest BCUT2D eigenvalue weighted by atomic mass is 10.1. The molecule has 1 amide bonds. The van der Waals surface area contributed by atoms with Crippen LogP contribution in [-0.2, 0) is 0 Å². The van der Waals surface area contributed by atoms with Crippen LogP contribution in [0, 0.1) is 6.92 Å². The van der Waals surface area contributed by atoms with E-state index < -0.39 is 0 Å². The van der Waals surface area contributed by atoms with Crippen molar-refractivity contribution in [3.05, 3.63) is 29.5 Å². The summed E-state index contributed by atoms with van der Waals surface area (Å²) in [5.74, 6) is 1.22. The number of furan rings is 1. The van der Waals surface area contributed by atoms with Crippen molar-refractivity contribution in [1.29, 1.82) is 0 Å². The molecule has 2 aromatic rings. The second-order valence-electron chi connectivity index (χ2n) is 4.52. The number of carbonyl (C=O) groups is 1. The van der Waals surface area contributed by atoms with Crippen molar-refractivity contribution in [2.45, 2.75) is 26.8 Å².